The zero-order valence-corrected chi connectivity index (χ0v) is 11.1. The van der Waals surface area contributed by atoms with Crippen molar-refractivity contribution in [3.63, 3.8) is 0 Å². The first-order chi connectivity index (χ1) is 8.13. The number of halogens is 2. The van der Waals surface area contributed by atoms with Crippen LogP contribution in [-0.2, 0) is 6.54 Å². The van der Waals surface area contributed by atoms with Gasteiger partial charge in [0.05, 0.1) is 12.5 Å². The summed E-state index contributed by atoms with van der Waals surface area (Å²) >= 11 is 12.0. The van der Waals surface area contributed by atoms with Crippen LogP contribution >= 0.6 is 23.2 Å². The maximum absolute atomic E-state index is 6.00. The van der Waals surface area contributed by atoms with Gasteiger partial charge in [0.1, 0.15) is 16.0 Å². The molecule has 2 rings (SSSR count). The summed E-state index contributed by atoms with van der Waals surface area (Å²) in [7, 11) is 0. The standard InChI is InChI=1S/C11H12Cl2N4/c1-3-4-17-6-14-5-8(17)11-15-9(12)7(2)10(13)16-11/h5-6H,3-4H2,1-2H3. The van der Waals surface area contributed by atoms with Crippen molar-refractivity contribution in [2.24, 2.45) is 0 Å². The van der Waals surface area contributed by atoms with Gasteiger partial charge in [-0.1, -0.05) is 30.1 Å². The molecule has 2 aromatic rings. The van der Waals surface area contributed by atoms with E-state index in [0.29, 0.717) is 21.7 Å². The van der Waals surface area contributed by atoms with Crippen molar-refractivity contribution < 1.29 is 0 Å². The highest BCUT2D eigenvalue weighted by atomic mass is 35.5. The van der Waals surface area contributed by atoms with Crippen LogP contribution in [-0.4, -0.2) is 19.5 Å². The highest BCUT2D eigenvalue weighted by Crippen LogP contribution is 2.24. The van der Waals surface area contributed by atoms with E-state index in [9.17, 15) is 0 Å². The molecule has 0 bridgehead atoms. The Bertz CT molecular complexity index is 513. The fourth-order valence-electron chi connectivity index (χ4n) is 1.50. The van der Waals surface area contributed by atoms with Crippen LogP contribution in [0.4, 0.5) is 0 Å². The molecule has 2 aromatic heterocycles. The minimum Gasteiger partial charge on any atom is -0.328 e. The largest absolute Gasteiger partial charge is 0.328 e. The quantitative estimate of drug-likeness (QED) is 0.804. The van der Waals surface area contributed by atoms with Gasteiger partial charge in [0.25, 0.3) is 0 Å². The van der Waals surface area contributed by atoms with Crippen molar-refractivity contribution in [3.05, 3.63) is 28.4 Å². The third-order valence-electron chi connectivity index (χ3n) is 2.43. The number of hydrogen-bond donors (Lipinski definition) is 0. The lowest BCUT2D eigenvalue weighted by Gasteiger charge is -2.07. The van der Waals surface area contributed by atoms with Crippen molar-refractivity contribution >= 4 is 23.2 Å². The van der Waals surface area contributed by atoms with E-state index in [2.05, 4.69) is 21.9 Å². The van der Waals surface area contributed by atoms with E-state index >= 15 is 0 Å². The molecular formula is C11H12Cl2N4. The molecule has 4 nitrogen and oxygen atoms in total. The molecule has 6 heteroatoms. The molecule has 0 amide bonds. The first-order valence-electron chi connectivity index (χ1n) is 5.33. The Balaban J connectivity index is 2.49. The van der Waals surface area contributed by atoms with Gasteiger partial charge < -0.3 is 4.57 Å². The summed E-state index contributed by atoms with van der Waals surface area (Å²) in [6.45, 7) is 4.75. The van der Waals surface area contributed by atoms with E-state index in [-0.39, 0.29) is 0 Å². The zero-order valence-electron chi connectivity index (χ0n) is 9.61. The predicted molar refractivity (Wildman–Crippen MR) is 68.3 cm³/mol. The van der Waals surface area contributed by atoms with Crippen LogP contribution in [0.3, 0.4) is 0 Å². The molecule has 0 aliphatic heterocycles. The van der Waals surface area contributed by atoms with Gasteiger partial charge in [-0.2, -0.15) is 0 Å². The third-order valence-corrected chi connectivity index (χ3v) is 3.17. The lowest BCUT2D eigenvalue weighted by Crippen LogP contribution is -2.01. The van der Waals surface area contributed by atoms with Gasteiger partial charge in [-0.25, -0.2) is 15.0 Å². The van der Waals surface area contributed by atoms with Crippen LogP contribution in [0.5, 0.6) is 0 Å². The summed E-state index contributed by atoms with van der Waals surface area (Å²) in [5, 5.41) is 0.758. The molecular weight excluding hydrogens is 259 g/mol. The average molecular weight is 271 g/mol. The Hall–Kier alpha value is -1.13. The molecule has 0 N–H and O–H groups in total. The molecule has 0 aromatic carbocycles. The van der Waals surface area contributed by atoms with Gasteiger partial charge >= 0.3 is 0 Å². The molecule has 0 saturated carbocycles. The number of imidazole rings is 1. The second kappa shape index (κ2) is 5.02. The first kappa shape index (κ1) is 12.3. The summed E-state index contributed by atoms with van der Waals surface area (Å²) in [4.78, 5) is 12.6. The Labute approximate surface area is 110 Å². The van der Waals surface area contributed by atoms with Crippen LogP contribution in [0.15, 0.2) is 12.5 Å². The minimum atomic E-state index is 0.379. The molecule has 17 heavy (non-hydrogen) atoms. The Morgan fingerprint density at radius 2 is 1.88 bits per heavy atom. The second-order valence-electron chi connectivity index (χ2n) is 3.73. The summed E-state index contributed by atoms with van der Waals surface area (Å²) in [6.07, 6.45) is 4.48. The molecule has 90 valence electrons. The fourth-order valence-corrected chi connectivity index (χ4v) is 1.89. The Morgan fingerprint density at radius 1 is 1.24 bits per heavy atom. The van der Waals surface area contributed by atoms with E-state index in [1.54, 1.807) is 19.4 Å². The molecule has 0 fully saturated rings. The molecule has 0 aliphatic rings. The van der Waals surface area contributed by atoms with Gasteiger partial charge in [-0.05, 0) is 13.3 Å². The average Bonchev–Trinajstić information content (AvgIpc) is 2.74. The molecule has 0 unspecified atom stereocenters. The SMILES string of the molecule is CCCn1cncc1-c1nc(Cl)c(C)c(Cl)n1. The molecule has 0 saturated heterocycles. The van der Waals surface area contributed by atoms with Crippen molar-refractivity contribution in [2.45, 2.75) is 26.8 Å². The molecule has 0 atom stereocenters. The minimum absolute atomic E-state index is 0.379. The van der Waals surface area contributed by atoms with E-state index in [0.717, 1.165) is 18.7 Å². The number of nitrogens with zero attached hydrogens (tertiary/aromatic N) is 4. The fraction of sp³-hybridized carbons (Fsp3) is 0.364. The van der Waals surface area contributed by atoms with E-state index < -0.39 is 0 Å². The number of aromatic nitrogens is 4. The highest BCUT2D eigenvalue weighted by Gasteiger charge is 2.12. The van der Waals surface area contributed by atoms with Crippen LogP contribution in [0.25, 0.3) is 11.5 Å². The van der Waals surface area contributed by atoms with E-state index in [4.69, 9.17) is 23.2 Å². The second-order valence-corrected chi connectivity index (χ2v) is 4.44. The highest BCUT2D eigenvalue weighted by molar-refractivity contribution is 6.34. The summed E-state index contributed by atoms with van der Waals surface area (Å²) < 4.78 is 1.98. The predicted octanol–water partition coefficient (Wildman–Crippen LogP) is 3.37. The third kappa shape index (κ3) is 2.42. The van der Waals surface area contributed by atoms with Crippen molar-refractivity contribution in [1.82, 2.24) is 19.5 Å². The van der Waals surface area contributed by atoms with E-state index in [1.807, 2.05) is 4.57 Å². The first-order valence-corrected chi connectivity index (χ1v) is 6.09. The van der Waals surface area contributed by atoms with E-state index in [1.165, 1.54) is 0 Å². The van der Waals surface area contributed by atoms with Crippen LogP contribution in [0.1, 0.15) is 18.9 Å². The van der Waals surface area contributed by atoms with Crippen molar-refractivity contribution in [3.8, 4) is 11.5 Å². The van der Waals surface area contributed by atoms with Crippen molar-refractivity contribution in [2.75, 3.05) is 0 Å². The number of rotatable bonds is 3. The molecule has 2 heterocycles. The van der Waals surface area contributed by atoms with Gasteiger partial charge in [0.15, 0.2) is 5.82 Å². The topological polar surface area (TPSA) is 43.6 Å². The maximum atomic E-state index is 6.00. The monoisotopic (exact) mass is 270 g/mol. The molecule has 0 radical (unpaired) electrons. The lowest BCUT2D eigenvalue weighted by atomic mass is 10.3. The lowest BCUT2D eigenvalue weighted by molar-refractivity contribution is 0.681. The van der Waals surface area contributed by atoms with Crippen LogP contribution in [0.2, 0.25) is 10.3 Å². The summed E-state index contributed by atoms with van der Waals surface area (Å²) in [5.41, 5.74) is 1.52. The van der Waals surface area contributed by atoms with Crippen LogP contribution < -0.4 is 0 Å². The number of hydrogen-bond acceptors (Lipinski definition) is 3. The van der Waals surface area contributed by atoms with Gasteiger partial charge in [0.2, 0.25) is 0 Å². The van der Waals surface area contributed by atoms with Crippen LogP contribution in [0, 0.1) is 6.92 Å². The molecule has 0 aliphatic carbocycles. The summed E-state index contributed by atoms with van der Waals surface area (Å²) in [5.74, 6) is 0.511. The maximum Gasteiger partial charge on any atom is 0.180 e. The van der Waals surface area contributed by atoms with Gasteiger partial charge in [-0.3, -0.25) is 0 Å². The van der Waals surface area contributed by atoms with Gasteiger partial charge in [-0.15, -0.1) is 0 Å². The zero-order chi connectivity index (χ0) is 12.4. The smallest absolute Gasteiger partial charge is 0.180 e. The Morgan fingerprint density at radius 3 is 2.47 bits per heavy atom. The Kier molecular flexibility index (Phi) is 3.64. The van der Waals surface area contributed by atoms with Gasteiger partial charge in [0, 0.05) is 12.1 Å². The van der Waals surface area contributed by atoms with Crippen molar-refractivity contribution in [1.29, 1.82) is 0 Å². The number of aryl methyl sites for hydroxylation is 1. The molecule has 0 spiro atoms. The summed E-state index contributed by atoms with van der Waals surface area (Å²) in [6, 6.07) is 0. The normalized spacial score (nSPS) is 10.8.